The number of aliphatic carboxylic acids is 1. The summed E-state index contributed by atoms with van der Waals surface area (Å²) in [6.07, 6.45) is 18.7. The van der Waals surface area contributed by atoms with Crippen LogP contribution in [0.15, 0.2) is 0 Å². The molecule has 0 amide bonds. The van der Waals surface area contributed by atoms with Crippen LogP contribution in [0.2, 0.25) is 0 Å². The number of rotatable bonds is 19. The van der Waals surface area contributed by atoms with E-state index < -0.39 is 37.8 Å². The second-order valence-electron chi connectivity index (χ2n) is 7.87. The van der Waals surface area contributed by atoms with E-state index in [0.717, 1.165) is 12.8 Å². The second kappa shape index (κ2) is 22.6. The molecule has 0 aromatic rings. The van der Waals surface area contributed by atoms with Crippen LogP contribution >= 0.6 is 0 Å². The van der Waals surface area contributed by atoms with Gasteiger partial charge in [0.05, 0.1) is 31.8 Å². The molecule has 6 nitrogen and oxygen atoms in total. The third-order valence-corrected chi connectivity index (χ3v) is 5.09. The Kier molecular flexibility index (Phi) is 23.8. The molecule has 0 atom stereocenters. The highest BCUT2D eigenvalue weighted by atomic mass is 16.4. The Morgan fingerprint density at radius 2 is 0.857 bits per heavy atom. The number of hydrogen-bond acceptors (Lipinski definition) is 5. The van der Waals surface area contributed by atoms with Gasteiger partial charge in [-0.05, 0) is 6.42 Å². The van der Waals surface area contributed by atoms with E-state index in [1.165, 1.54) is 77.0 Å². The van der Waals surface area contributed by atoms with Crippen molar-refractivity contribution in [3.05, 3.63) is 0 Å². The Balaban J connectivity index is 0. The number of carboxylic acid groups (broad SMARTS) is 1. The van der Waals surface area contributed by atoms with Gasteiger partial charge in [-0.15, -0.1) is 0 Å². The fourth-order valence-corrected chi connectivity index (χ4v) is 2.77. The van der Waals surface area contributed by atoms with E-state index in [0.29, 0.717) is 6.42 Å². The number of carboxylic acids is 1. The van der Waals surface area contributed by atoms with Crippen LogP contribution in [0.3, 0.4) is 0 Å². The second-order valence-corrected chi connectivity index (χ2v) is 7.87. The maximum atomic E-state index is 10.3. The van der Waals surface area contributed by atoms with Crippen molar-refractivity contribution in [3.63, 3.8) is 0 Å². The summed E-state index contributed by atoms with van der Waals surface area (Å²) < 4.78 is 0. The quantitative estimate of drug-likeness (QED) is 0.208. The largest absolute Gasteiger partial charge is 0.481 e. The van der Waals surface area contributed by atoms with E-state index in [9.17, 15) is 4.79 Å². The molecule has 0 radical (unpaired) electrons. The van der Waals surface area contributed by atoms with Gasteiger partial charge in [0, 0.05) is 6.42 Å². The zero-order valence-electron chi connectivity index (χ0n) is 18.1. The molecule has 6 heteroatoms. The van der Waals surface area contributed by atoms with E-state index >= 15 is 0 Å². The van der Waals surface area contributed by atoms with Crippen LogP contribution < -0.4 is 0 Å². The molecule has 0 fully saturated rings. The molecule has 0 rings (SSSR count). The Morgan fingerprint density at radius 3 is 1.07 bits per heavy atom. The number of aliphatic hydroxyl groups excluding tert-OH is 4. The predicted molar refractivity (Wildman–Crippen MR) is 113 cm³/mol. The molecule has 0 spiro atoms. The minimum absolute atomic E-state index is 0.345. The fraction of sp³-hybridized carbons (Fsp3) is 0.955. The topological polar surface area (TPSA) is 118 Å². The first-order valence-corrected chi connectivity index (χ1v) is 11.2. The van der Waals surface area contributed by atoms with Crippen molar-refractivity contribution < 1.29 is 30.3 Å². The van der Waals surface area contributed by atoms with Gasteiger partial charge < -0.3 is 25.5 Å². The molecule has 0 saturated heterocycles. The van der Waals surface area contributed by atoms with Crippen molar-refractivity contribution >= 4 is 5.97 Å². The third-order valence-electron chi connectivity index (χ3n) is 5.09. The van der Waals surface area contributed by atoms with Crippen molar-refractivity contribution in [3.8, 4) is 0 Å². The average molecular weight is 407 g/mol. The van der Waals surface area contributed by atoms with Gasteiger partial charge >= 0.3 is 5.97 Å². The molecule has 0 aromatic heterocycles. The summed E-state index contributed by atoms with van der Waals surface area (Å²) in [6.45, 7) is 0.641. The maximum Gasteiger partial charge on any atom is 0.303 e. The Hall–Kier alpha value is -0.690. The van der Waals surface area contributed by atoms with Crippen LogP contribution in [0.4, 0.5) is 0 Å². The van der Waals surface area contributed by atoms with Gasteiger partial charge in [-0.1, -0.05) is 90.4 Å². The molecule has 0 bridgehead atoms. The summed E-state index contributed by atoms with van der Waals surface area (Å²) >= 11 is 0. The molecule has 0 aliphatic carbocycles. The maximum absolute atomic E-state index is 10.3. The van der Waals surface area contributed by atoms with Crippen molar-refractivity contribution in [1.82, 2.24) is 0 Å². The van der Waals surface area contributed by atoms with Gasteiger partial charge in [0.15, 0.2) is 0 Å². The molecule has 170 valence electrons. The van der Waals surface area contributed by atoms with Crippen LogP contribution in [0.5, 0.6) is 0 Å². The fourth-order valence-electron chi connectivity index (χ4n) is 2.77. The van der Waals surface area contributed by atoms with Crippen LogP contribution in [-0.4, -0.2) is 57.9 Å². The van der Waals surface area contributed by atoms with Crippen LogP contribution in [0.1, 0.15) is 103 Å². The number of hydrogen-bond donors (Lipinski definition) is 5. The van der Waals surface area contributed by atoms with E-state index in [4.69, 9.17) is 25.5 Å². The Labute approximate surface area is 172 Å². The van der Waals surface area contributed by atoms with Gasteiger partial charge in [0.1, 0.15) is 0 Å². The lowest BCUT2D eigenvalue weighted by Crippen LogP contribution is -2.37. The number of carbonyl (C=O) groups is 1. The first kappa shape index (κ1) is 29.5. The summed E-state index contributed by atoms with van der Waals surface area (Å²) in [5.74, 6) is -0.654. The lowest BCUT2D eigenvalue weighted by Gasteiger charge is -2.23. The van der Waals surface area contributed by atoms with Crippen LogP contribution in [0, 0.1) is 5.41 Å². The molecular weight excluding hydrogens is 360 g/mol. The summed E-state index contributed by atoms with van der Waals surface area (Å²) in [4.78, 5) is 10.3. The third kappa shape index (κ3) is 20.1. The van der Waals surface area contributed by atoms with Crippen LogP contribution in [-0.2, 0) is 4.79 Å². The van der Waals surface area contributed by atoms with Crippen molar-refractivity contribution in [2.45, 2.75) is 103 Å². The summed E-state index contributed by atoms with van der Waals surface area (Å²) in [5.41, 5.74) is -1.11. The molecule has 0 saturated carbocycles. The van der Waals surface area contributed by atoms with Gasteiger partial charge in [-0.3, -0.25) is 4.79 Å². The van der Waals surface area contributed by atoms with Crippen LogP contribution in [0.25, 0.3) is 0 Å². The summed E-state index contributed by atoms with van der Waals surface area (Å²) in [5, 5.41) is 42.5. The molecule has 5 N–H and O–H groups in total. The van der Waals surface area contributed by atoms with Gasteiger partial charge in [0.25, 0.3) is 0 Å². The molecule has 0 aliphatic rings. The highest BCUT2D eigenvalue weighted by Crippen LogP contribution is 2.13. The first-order valence-electron chi connectivity index (χ1n) is 11.2. The molecule has 0 aromatic carbocycles. The number of unbranched alkanes of at least 4 members (excludes halogenated alkanes) is 13. The summed E-state index contributed by atoms with van der Waals surface area (Å²) in [6, 6.07) is 0. The molecule has 0 aliphatic heterocycles. The standard InChI is InChI=1S/C17H34O2.C5H12O4/c1-2-3-4-5-6-7-8-9-10-11-12-13-14-15-16-17(18)19;6-1-5(2-7,3-8)4-9/h2-16H2,1H3,(H,18,19);6-9H,1-4H2. The molecular formula is C22H46O6. The minimum atomic E-state index is -1.11. The SMILES string of the molecule is CCCCCCCCCCCCCCCCC(=O)O.OCC(CO)(CO)CO. The highest BCUT2D eigenvalue weighted by molar-refractivity contribution is 5.66. The van der Waals surface area contributed by atoms with Crippen molar-refractivity contribution in [2.75, 3.05) is 26.4 Å². The van der Waals surface area contributed by atoms with E-state index in [1.807, 2.05) is 0 Å². The molecule has 28 heavy (non-hydrogen) atoms. The van der Waals surface area contributed by atoms with Crippen molar-refractivity contribution in [1.29, 1.82) is 0 Å². The lowest BCUT2D eigenvalue weighted by molar-refractivity contribution is -0.137. The van der Waals surface area contributed by atoms with Gasteiger partial charge in [-0.2, -0.15) is 0 Å². The molecule has 0 unspecified atom stereocenters. The zero-order valence-corrected chi connectivity index (χ0v) is 18.1. The van der Waals surface area contributed by atoms with E-state index in [1.54, 1.807) is 0 Å². The minimum Gasteiger partial charge on any atom is -0.481 e. The Bertz CT molecular complexity index is 301. The number of aliphatic hydroxyl groups is 4. The Morgan fingerprint density at radius 1 is 0.571 bits per heavy atom. The zero-order chi connectivity index (χ0) is 21.5. The lowest BCUT2D eigenvalue weighted by atomic mass is 9.93. The van der Waals surface area contributed by atoms with Crippen molar-refractivity contribution in [2.24, 2.45) is 5.41 Å². The predicted octanol–water partition coefficient (Wildman–Crippen LogP) is 3.88. The van der Waals surface area contributed by atoms with Gasteiger partial charge in [-0.25, -0.2) is 0 Å². The van der Waals surface area contributed by atoms with E-state index in [-0.39, 0.29) is 0 Å². The summed E-state index contributed by atoms with van der Waals surface area (Å²) in [7, 11) is 0. The first-order chi connectivity index (χ1) is 13.5. The van der Waals surface area contributed by atoms with E-state index in [2.05, 4.69) is 6.92 Å². The van der Waals surface area contributed by atoms with Gasteiger partial charge in [0.2, 0.25) is 0 Å². The smallest absolute Gasteiger partial charge is 0.303 e. The highest BCUT2D eigenvalue weighted by Gasteiger charge is 2.26. The normalized spacial score (nSPS) is 11.2. The monoisotopic (exact) mass is 406 g/mol. The molecule has 0 heterocycles. The average Bonchev–Trinajstić information content (AvgIpc) is 2.71.